The van der Waals surface area contributed by atoms with Crippen molar-refractivity contribution in [3.8, 4) is 0 Å². The summed E-state index contributed by atoms with van der Waals surface area (Å²) in [5, 5.41) is 10.3. The highest BCUT2D eigenvalue weighted by Gasteiger charge is 2.28. The molecule has 1 fully saturated rings. The van der Waals surface area contributed by atoms with E-state index >= 15 is 0 Å². The van der Waals surface area contributed by atoms with Crippen molar-refractivity contribution in [2.75, 3.05) is 37.8 Å². The number of hydrogen-bond donors (Lipinski definition) is 2. The van der Waals surface area contributed by atoms with Crippen molar-refractivity contribution in [2.45, 2.75) is 25.9 Å². The van der Waals surface area contributed by atoms with E-state index in [1.165, 1.54) is 11.3 Å². The number of aliphatic hydroxyl groups excluding tert-OH is 1. The van der Waals surface area contributed by atoms with Crippen LogP contribution in [0.5, 0.6) is 0 Å². The molecule has 7 heteroatoms. The quantitative estimate of drug-likeness (QED) is 0.870. The molecule has 1 amide bonds. The molecule has 0 radical (unpaired) electrons. The number of amides is 1. The molecule has 20 heavy (non-hydrogen) atoms. The largest absolute Gasteiger partial charge is 0.393 e. The summed E-state index contributed by atoms with van der Waals surface area (Å²) in [4.78, 5) is 20.8. The number of hydrogen-bond acceptors (Lipinski definition) is 6. The fourth-order valence-corrected chi connectivity index (χ4v) is 3.27. The van der Waals surface area contributed by atoms with Gasteiger partial charge in [0.2, 0.25) is 0 Å². The van der Waals surface area contributed by atoms with E-state index in [9.17, 15) is 9.90 Å². The molecule has 2 heterocycles. The molecule has 2 rings (SSSR count). The number of nitrogens with two attached hydrogens (primary N) is 1. The first-order valence-electron chi connectivity index (χ1n) is 6.81. The number of thiazole rings is 1. The summed E-state index contributed by atoms with van der Waals surface area (Å²) in [5.41, 5.74) is 5.85. The fraction of sp³-hybridized carbons (Fsp3) is 0.692. The first-order valence-corrected chi connectivity index (χ1v) is 7.62. The third kappa shape index (κ3) is 3.04. The number of nitrogens with zero attached hydrogens (tertiary/aromatic N) is 3. The molecule has 1 aromatic heterocycles. The van der Waals surface area contributed by atoms with Crippen LogP contribution in [0.25, 0.3) is 0 Å². The summed E-state index contributed by atoms with van der Waals surface area (Å²) in [6, 6.07) is 0. The van der Waals surface area contributed by atoms with Crippen molar-refractivity contribution in [1.29, 1.82) is 0 Å². The van der Waals surface area contributed by atoms with Crippen LogP contribution in [0.2, 0.25) is 0 Å². The molecular weight excluding hydrogens is 276 g/mol. The highest BCUT2D eigenvalue weighted by molar-refractivity contribution is 7.18. The van der Waals surface area contributed by atoms with E-state index in [1.807, 2.05) is 30.8 Å². The number of rotatable bonds is 3. The minimum atomic E-state index is -0.305. The Bertz CT molecular complexity index is 479. The van der Waals surface area contributed by atoms with Gasteiger partial charge in [-0.25, -0.2) is 4.98 Å². The second-order valence-electron chi connectivity index (χ2n) is 5.48. The topological polar surface area (TPSA) is 82.7 Å². The maximum absolute atomic E-state index is 12.5. The Balaban J connectivity index is 2.05. The second-order valence-corrected chi connectivity index (χ2v) is 6.45. The molecule has 1 aliphatic heterocycles. The molecule has 1 atom stereocenters. The highest BCUT2D eigenvalue weighted by atomic mass is 32.1. The van der Waals surface area contributed by atoms with Crippen LogP contribution in [-0.4, -0.2) is 54.2 Å². The molecule has 0 spiro atoms. The van der Waals surface area contributed by atoms with Crippen LogP contribution in [0.15, 0.2) is 0 Å². The number of nitrogen functional groups attached to an aromatic ring is 1. The van der Waals surface area contributed by atoms with Gasteiger partial charge in [-0.2, -0.15) is 0 Å². The normalized spacial score (nSPS) is 18.1. The van der Waals surface area contributed by atoms with Crippen LogP contribution in [0.1, 0.15) is 29.4 Å². The molecule has 1 unspecified atom stereocenters. The van der Waals surface area contributed by atoms with E-state index < -0.39 is 0 Å². The maximum atomic E-state index is 12.5. The molecule has 0 saturated carbocycles. The monoisotopic (exact) mass is 298 g/mol. The van der Waals surface area contributed by atoms with Gasteiger partial charge < -0.3 is 20.6 Å². The third-order valence-corrected chi connectivity index (χ3v) is 4.95. The summed E-state index contributed by atoms with van der Waals surface area (Å²) in [6.07, 6.45) is 1.37. The number of likely N-dealkylation sites (tertiary alicyclic amines) is 1. The van der Waals surface area contributed by atoms with Gasteiger partial charge >= 0.3 is 0 Å². The molecule has 0 aliphatic carbocycles. The Hall–Kier alpha value is -1.34. The van der Waals surface area contributed by atoms with Crippen LogP contribution in [0.3, 0.4) is 0 Å². The second kappa shape index (κ2) is 5.97. The van der Waals surface area contributed by atoms with Gasteiger partial charge in [-0.15, -0.1) is 0 Å². The van der Waals surface area contributed by atoms with Gasteiger partial charge in [0.05, 0.1) is 6.10 Å². The van der Waals surface area contributed by atoms with Gasteiger partial charge in [0, 0.05) is 27.2 Å². The number of carbonyl (C=O) groups excluding carboxylic acids is 1. The third-order valence-electron chi connectivity index (χ3n) is 3.73. The molecular formula is C13H22N4O2S. The lowest BCUT2D eigenvalue weighted by Gasteiger charge is -2.33. The van der Waals surface area contributed by atoms with Gasteiger partial charge in [0.15, 0.2) is 5.13 Å². The molecule has 3 N–H and O–H groups in total. The summed E-state index contributed by atoms with van der Waals surface area (Å²) < 4.78 is 0. The molecule has 1 saturated heterocycles. The van der Waals surface area contributed by atoms with E-state index in [0.717, 1.165) is 18.0 Å². The van der Waals surface area contributed by atoms with Crippen molar-refractivity contribution in [3.05, 3.63) is 4.88 Å². The van der Waals surface area contributed by atoms with Crippen molar-refractivity contribution in [2.24, 2.45) is 5.92 Å². The van der Waals surface area contributed by atoms with Crippen molar-refractivity contribution in [1.82, 2.24) is 9.88 Å². The van der Waals surface area contributed by atoms with Gasteiger partial charge in [-0.3, -0.25) is 4.79 Å². The molecule has 112 valence electrons. The lowest BCUT2D eigenvalue weighted by molar-refractivity contribution is 0.0525. The molecule has 1 aliphatic rings. The lowest BCUT2D eigenvalue weighted by Crippen LogP contribution is -2.40. The first kappa shape index (κ1) is 15.1. The van der Waals surface area contributed by atoms with E-state index in [4.69, 9.17) is 5.73 Å². The summed E-state index contributed by atoms with van der Waals surface area (Å²) in [7, 11) is 3.75. The predicted molar refractivity (Wildman–Crippen MR) is 81.2 cm³/mol. The first-order chi connectivity index (χ1) is 9.40. The van der Waals surface area contributed by atoms with Crippen LogP contribution in [0.4, 0.5) is 10.9 Å². The zero-order valence-corrected chi connectivity index (χ0v) is 13.0. The smallest absolute Gasteiger partial charge is 0.267 e. The van der Waals surface area contributed by atoms with Gasteiger partial charge in [-0.1, -0.05) is 11.3 Å². The molecule has 0 aromatic carbocycles. The van der Waals surface area contributed by atoms with Crippen molar-refractivity contribution >= 4 is 28.2 Å². The summed E-state index contributed by atoms with van der Waals surface area (Å²) >= 11 is 1.33. The van der Waals surface area contributed by atoms with Gasteiger partial charge in [-0.05, 0) is 25.7 Å². The number of aliphatic hydroxyl groups is 1. The number of piperidine rings is 1. The van der Waals surface area contributed by atoms with Crippen LogP contribution < -0.4 is 10.6 Å². The SMILES string of the molecule is CC(O)C1CCN(C(=O)c2sc(N(C)C)nc2N)CC1. The maximum Gasteiger partial charge on any atom is 0.267 e. The lowest BCUT2D eigenvalue weighted by atomic mass is 9.92. The molecule has 1 aromatic rings. The minimum Gasteiger partial charge on any atom is -0.393 e. The average Bonchev–Trinajstić information content (AvgIpc) is 2.80. The van der Waals surface area contributed by atoms with Gasteiger partial charge in [0.1, 0.15) is 10.7 Å². The zero-order chi connectivity index (χ0) is 14.9. The van der Waals surface area contributed by atoms with Gasteiger partial charge in [0.25, 0.3) is 5.91 Å². The fourth-order valence-electron chi connectivity index (χ4n) is 2.39. The predicted octanol–water partition coefficient (Wildman–Crippen LogP) is 1.02. The van der Waals surface area contributed by atoms with E-state index in [0.29, 0.717) is 23.8 Å². The Morgan fingerprint density at radius 3 is 2.55 bits per heavy atom. The average molecular weight is 298 g/mol. The van der Waals surface area contributed by atoms with E-state index in [2.05, 4.69) is 4.98 Å². The van der Waals surface area contributed by atoms with Crippen LogP contribution >= 0.6 is 11.3 Å². The molecule has 0 bridgehead atoms. The zero-order valence-electron chi connectivity index (χ0n) is 12.2. The Morgan fingerprint density at radius 2 is 2.10 bits per heavy atom. The van der Waals surface area contributed by atoms with Crippen LogP contribution in [-0.2, 0) is 0 Å². The minimum absolute atomic E-state index is 0.0443. The molecule has 6 nitrogen and oxygen atoms in total. The Labute approximate surface area is 123 Å². The summed E-state index contributed by atoms with van der Waals surface area (Å²) in [6.45, 7) is 3.15. The Morgan fingerprint density at radius 1 is 1.50 bits per heavy atom. The van der Waals surface area contributed by atoms with Crippen molar-refractivity contribution in [3.63, 3.8) is 0 Å². The summed E-state index contributed by atoms with van der Waals surface area (Å²) in [5.74, 6) is 0.550. The van der Waals surface area contributed by atoms with E-state index in [1.54, 1.807) is 0 Å². The number of aromatic nitrogens is 1. The number of anilines is 2. The van der Waals surface area contributed by atoms with E-state index in [-0.39, 0.29) is 17.9 Å². The highest BCUT2D eigenvalue weighted by Crippen LogP contribution is 2.29. The Kier molecular flexibility index (Phi) is 4.49. The van der Waals surface area contributed by atoms with Crippen LogP contribution in [0, 0.1) is 5.92 Å². The standard InChI is InChI=1S/C13H22N4O2S/c1-8(18)9-4-6-17(7-5-9)12(19)10-11(14)15-13(20-10)16(2)3/h8-9,18H,4-7,14H2,1-3H3. The number of carbonyl (C=O) groups is 1. The van der Waals surface area contributed by atoms with Crippen molar-refractivity contribution < 1.29 is 9.90 Å².